The van der Waals surface area contributed by atoms with E-state index < -0.39 is 11.8 Å². The molecule has 8 heteroatoms. The van der Waals surface area contributed by atoms with Crippen molar-refractivity contribution in [1.29, 1.82) is 0 Å². The highest BCUT2D eigenvalue weighted by molar-refractivity contribution is 7.99. The minimum Gasteiger partial charge on any atom is -0.339 e. The number of carbonyl (C=O) groups is 2. The van der Waals surface area contributed by atoms with E-state index in [1.165, 1.54) is 23.5 Å². The number of benzene rings is 1. The van der Waals surface area contributed by atoms with Gasteiger partial charge in [-0.3, -0.25) is 9.59 Å². The molecule has 0 fully saturated rings. The number of rotatable bonds is 7. The molecule has 1 heterocycles. The summed E-state index contributed by atoms with van der Waals surface area (Å²) in [6.45, 7) is 3.67. The van der Waals surface area contributed by atoms with Crippen molar-refractivity contribution in [1.82, 2.24) is 5.32 Å². The number of halogens is 2. The van der Waals surface area contributed by atoms with Gasteiger partial charge in [0, 0.05) is 10.6 Å². The number of hydrogen-bond acceptors (Lipinski definition) is 4. The van der Waals surface area contributed by atoms with Crippen molar-refractivity contribution in [2.24, 2.45) is 5.92 Å². The normalized spacial score (nSPS) is 12.2. The molecule has 1 atom stereocenters. The van der Waals surface area contributed by atoms with Gasteiger partial charge < -0.3 is 10.6 Å². The van der Waals surface area contributed by atoms with Gasteiger partial charge in [0.1, 0.15) is 6.04 Å². The molecule has 0 radical (unpaired) electrons. The van der Waals surface area contributed by atoms with Gasteiger partial charge in [0.25, 0.3) is 11.7 Å². The SMILES string of the molecule is CC(C)C(NC(=O)c1cccs1)C(=O)Nc1ccc(SC(F)F)cc1. The van der Waals surface area contributed by atoms with Gasteiger partial charge in [-0.2, -0.15) is 8.78 Å². The third-order valence-electron chi connectivity index (χ3n) is 3.33. The van der Waals surface area contributed by atoms with Crippen molar-refractivity contribution < 1.29 is 18.4 Å². The first-order valence-corrected chi connectivity index (χ1v) is 9.33. The molecular weight excluding hydrogens is 366 g/mol. The molecule has 2 rings (SSSR count). The quantitative estimate of drug-likeness (QED) is 0.693. The highest BCUT2D eigenvalue weighted by atomic mass is 32.2. The lowest BCUT2D eigenvalue weighted by Crippen LogP contribution is -2.46. The molecule has 1 aromatic heterocycles. The van der Waals surface area contributed by atoms with Crippen LogP contribution in [0, 0.1) is 5.92 Å². The maximum atomic E-state index is 12.5. The lowest BCUT2D eigenvalue weighted by Gasteiger charge is -2.21. The van der Waals surface area contributed by atoms with Gasteiger partial charge >= 0.3 is 0 Å². The molecule has 1 aromatic carbocycles. The van der Waals surface area contributed by atoms with Crippen LogP contribution in [-0.2, 0) is 4.79 Å². The van der Waals surface area contributed by atoms with Gasteiger partial charge in [-0.1, -0.05) is 31.7 Å². The van der Waals surface area contributed by atoms with E-state index in [9.17, 15) is 18.4 Å². The number of thiophene rings is 1. The largest absolute Gasteiger partial charge is 0.339 e. The third kappa shape index (κ3) is 5.82. The molecule has 0 bridgehead atoms. The fourth-order valence-electron chi connectivity index (χ4n) is 2.09. The molecule has 2 amide bonds. The summed E-state index contributed by atoms with van der Waals surface area (Å²) in [6, 6.07) is 8.90. The highest BCUT2D eigenvalue weighted by Crippen LogP contribution is 2.26. The van der Waals surface area contributed by atoms with Crippen molar-refractivity contribution in [3.8, 4) is 0 Å². The van der Waals surface area contributed by atoms with E-state index in [0.717, 1.165) is 0 Å². The smallest absolute Gasteiger partial charge is 0.288 e. The van der Waals surface area contributed by atoms with Crippen molar-refractivity contribution in [2.45, 2.75) is 30.5 Å². The first kappa shape index (κ1) is 19.4. The summed E-state index contributed by atoms with van der Waals surface area (Å²) < 4.78 is 24.6. The minimum absolute atomic E-state index is 0.113. The van der Waals surface area contributed by atoms with Crippen molar-refractivity contribution >= 4 is 40.6 Å². The number of nitrogens with one attached hydrogen (secondary N) is 2. The third-order valence-corrected chi connectivity index (χ3v) is 4.92. The molecule has 0 saturated heterocycles. The summed E-state index contributed by atoms with van der Waals surface area (Å²) in [6.07, 6.45) is 0. The lowest BCUT2D eigenvalue weighted by atomic mass is 10.0. The van der Waals surface area contributed by atoms with Gasteiger partial charge in [-0.15, -0.1) is 11.3 Å². The average molecular weight is 384 g/mol. The second-order valence-electron chi connectivity index (χ2n) is 5.56. The van der Waals surface area contributed by atoms with Crippen LogP contribution in [0.1, 0.15) is 23.5 Å². The van der Waals surface area contributed by atoms with Crippen LogP contribution in [-0.4, -0.2) is 23.6 Å². The minimum atomic E-state index is -2.49. The van der Waals surface area contributed by atoms with E-state index in [2.05, 4.69) is 10.6 Å². The molecule has 0 aliphatic rings. The zero-order valence-corrected chi connectivity index (χ0v) is 15.3. The molecule has 0 aliphatic heterocycles. The molecule has 134 valence electrons. The van der Waals surface area contributed by atoms with Crippen molar-refractivity contribution in [3.05, 3.63) is 46.7 Å². The molecule has 4 nitrogen and oxygen atoms in total. The highest BCUT2D eigenvalue weighted by Gasteiger charge is 2.25. The maximum Gasteiger partial charge on any atom is 0.288 e. The fraction of sp³-hybridized carbons (Fsp3) is 0.294. The van der Waals surface area contributed by atoms with E-state index in [4.69, 9.17) is 0 Å². The predicted octanol–water partition coefficient (Wildman–Crippen LogP) is 4.46. The van der Waals surface area contributed by atoms with E-state index in [0.29, 0.717) is 27.2 Å². The predicted molar refractivity (Wildman–Crippen MR) is 97.3 cm³/mol. The van der Waals surface area contributed by atoms with Gasteiger partial charge in [-0.25, -0.2) is 0 Å². The van der Waals surface area contributed by atoms with Crippen molar-refractivity contribution in [2.75, 3.05) is 5.32 Å². The number of amides is 2. The Bertz CT molecular complexity index is 704. The Morgan fingerprint density at radius 3 is 2.32 bits per heavy atom. The van der Waals surface area contributed by atoms with Gasteiger partial charge in [0.15, 0.2) is 0 Å². The lowest BCUT2D eigenvalue weighted by molar-refractivity contribution is -0.118. The Balaban J connectivity index is 2.01. The molecule has 25 heavy (non-hydrogen) atoms. The van der Waals surface area contributed by atoms with Crippen LogP contribution in [0.15, 0.2) is 46.7 Å². The summed E-state index contributed by atoms with van der Waals surface area (Å²) in [5, 5.41) is 7.23. The molecule has 0 saturated carbocycles. The summed E-state index contributed by atoms with van der Waals surface area (Å²) in [5.74, 6) is -3.25. The zero-order valence-electron chi connectivity index (χ0n) is 13.7. The topological polar surface area (TPSA) is 58.2 Å². The van der Waals surface area contributed by atoms with Crippen molar-refractivity contribution in [3.63, 3.8) is 0 Å². The number of carbonyl (C=O) groups excluding carboxylic acids is 2. The Kier molecular flexibility index (Phi) is 6.95. The van der Waals surface area contributed by atoms with Gasteiger partial charge in [0.2, 0.25) is 5.91 Å². The summed E-state index contributed by atoms with van der Waals surface area (Å²) in [4.78, 5) is 25.6. The van der Waals surface area contributed by atoms with E-state index in [1.807, 2.05) is 13.8 Å². The van der Waals surface area contributed by atoms with E-state index >= 15 is 0 Å². The first-order chi connectivity index (χ1) is 11.9. The molecule has 1 unspecified atom stereocenters. The number of alkyl halides is 2. The molecule has 2 N–H and O–H groups in total. The maximum absolute atomic E-state index is 12.5. The Labute approximate surface area is 153 Å². The molecular formula is C17H18F2N2O2S2. The second-order valence-corrected chi connectivity index (χ2v) is 7.58. The Hall–Kier alpha value is -1.93. The molecule has 0 aliphatic carbocycles. The van der Waals surface area contributed by atoms with E-state index in [-0.39, 0.29) is 17.7 Å². The van der Waals surface area contributed by atoms with Crippen LogP contribution in [0.25, 0.3) is 0 Å². The zero-order chi connectivity index (χ0) is 18.4. The van der Waals surface area contributed by atoms with Crippen LogP contribution < -0.4 is 10.6 Å². The Morgan fingerprint density at radius 1 is 1.12 bits per heavy atom. The summed E-state index contributed by atoms with van der Waals surface area (Å²) in [5.41, 5.74) is 0.486. The first-order valence-electron chi connectivity index (χ1n) is 7.57. The standard InChI is InChI=1S/C17H18F2N2O2S2/c1-10(2)14(21-15(22)13-4-3-9-24-13)16(23)20-11-5-7-12(8-6-11)25-17(18)19/h3-10,14,17H,1-2H3,(H,20,23)(H,21,22). The summed E-state index contributed by atoms with van der Waals surface area (Å²) in [7, 11) is 0. The van der Waals surface area contributed by atoms with Gasteiger partial charge in [-0.05, 0) is 41.6 Å². The molecule has 0 spiro atoms. The van der Waals surface area contributed by atoms with Crippen LogP contribution in [0.2, 0.25) is 0 Å². The number of hydrogen-bond donors (Lipinski definition) is 2. The number of anilines is 1. The fourth-order valence-corrected chi connectivity index (χ4v) is 3.22. The van der Waals surface area contributed by atoms with Gasteiger partial charge in [0.05, 0.1) is 4.88 Å². The average Bonchev–Trinajstić information content (AvgIpc) is 3.08. The number of thioether (sulfide) groups is 1. The van der Waals surface area contributed by atoms with Crippen LogP contribution in [0.3, 0.4) is 0 Å². The Morgan fingerprint density at radius 2 is 1.80 bits per heavy atom. The summed E-state index contributed by atoms with van der Waals surface area (Å²) >= 11 is 1.74. The van der Waals surface area contributed by atoms with Crippen LogP contribution >= 0.6 is 23.1 Å². The second kappa shape index (κ2) is 8.96. The molecule has 2 aromatic rings. The van der Waals surface area contributed by atoms with E-state index in [1.54, 1.807) is 29.6 Å². The monoisotopic (exact) mass is 384 g/mol. The van der Waals surface area contributed by atoms with Crippen LogP contribution in [0.5, 0.6) is 0 Å². The van der Waals surface area contributed by atoms with Crippen LogP contribution in [0.4, 0.5) is 14.5 Å².